The van der Waals surface area contributed by atoms with E-state index in [-0.39, 0.29) is 16.4 Å². The minimum Gasteiger partial charge on any atom is -0.546 e. The normalized spacial score (nSPS) is 11.5. The Bertz CT molecular complexity index is 1060. The quantitative estimate of drug-likeness (QED) is 0.722. The summed E-state index contributed by atoms with van der Waals surface area (Å²) in [6.07, 6.45) is 1.62. The van der Waals surface area contributed by atoms with Crippen LogP contribution in [0.2, 0.25) is 5.02 Å². The molecular weight excluding hydrogens is 379 g/mol. The molecule has 0 saturated carbocycles. The topological polar surface area (TPSA) is 95.1 Å². The molecule has 0 atom stereocenters. The Kier molecular flexibility index (Phi) is 5.25. The van der Waals surface area contributed by atoms with Crippen molar-refractivity contribution in [1.82, 2.24) is 9.97 Å². The average molecular weight is 390 g/mol. The summed E-state index contributed by atoms with van der Waals surface area (Å²) >= 11 is 12.2. The number of benzene rings is 2. The van der Waals surface area contributed by atoms with Crippen molar-refractivity contribution in [3.63, 3.8) is 0 Å². The molecule has 2 aromatic carbocycles. The molecule has 3 rings (SSSR count). The molecule has 0 fully saturated rings. The Hall–Kier alpha value is -2.83. The fraction of sp³-hybridized carbons (Fsp3) is 0.0556. The zero-order chi connectivity index (χ0) is 18.7. The van der Waals surface area contributed by atoms with Crippen LogP contribution in [0.4, 0.5) is 0 Å². The summed E-state index contributed by atoms with van der Waals surface area (Å²) < 4.78 is 5.00. The highest BCUT2D eigenvalue weighted by Crippen LogP contribution is 2.22. The monoisotopic (exact) mass is 389 g/mol. The minimum absolute atomic E-state index is 0.226. The Morgan fingerprint density at radius 2 is 1.96 bits per heavy atom. The Balaban J connectivity index is 1.87. The number of carboxylic acids is 1. The van der Waals surface area contributed by atoms with E-state index in [9.17, 15) is 14.7 Å². The van der Waals surface area contributed by atoms with Gasteiger partial charge >= 0.3 is 0 Å². The molecule has 132 valence electrons. The minimum atomic E-state index is -1.30. The molecule has 0 aliphatic rings. The number of carboxylic acid groups (broad SMARTS) is 1. The smallest absolute Gasteiger partial charge is 0.259 e. The molecule has 1 heterocycles. The number of nitrogens with zero attached hydrogens (tertiary/aromatic N) is 1. The zero-order valence-electron chi connectivity index (χ0n) is 13.2. The van der Waals surface area contributed by atoms with Gasteiger partial charge in [0, 0.05) is 5.02 Å². The van der Waals surface area contributed by atoms with Gasteiger partial charge in [0.1, 0.15) is 12.4 Å². The number of H-pyrrole nitrogens is 1. The van der Waals surface area contributed by atoms with E-state index in [1.54, 1.807) is 42.5 Å². The van der Waals surface area contributed by atoms with Gasteiger partial charge in [-0.15, -0.1) is 0 Å². The van der Waals surface area contributed by atoms with Crippen molar-refractivity contribution in [2.75, 3.05) is 6.61 Å². The highest BCUT2D eigenvalue weighted by molar-refractivity contribution is 6.50. The summed E-state index contributed by atoms with van der Waals surface area (Å²) in [6, 6.07) is 11.4. The number of aromatic nitrogens is 2. The number of rotatable bonds is 5. The molecule has 8 heteroatoms. The predicted molar refractivity (Wildman–Crippen MR) is 98.0 cm³/mol. The maximum absolute atomic E-state index is 12.2. The molecule has 0 unspecified atom stereocenters. The third kappa shape index (κ3) is 4.22. The molecule has 0 radical (unpaired) electrons. The maximum Gasteiger partial charge on any atom is 0.259 e. The lowest BCUT2D eigenvalue weighted by Crippen LogP contribution is -2.28. The molecular formula is C18H11Cl2N2O4-. The van der Waals surface area contributed by atoms with E-state index in [0.717, 1.165) is 5.56 Å². The van der Waals surface area contributed by atoms with Gasteiger partial charge in [-0.1, -0.05) is 35.3 Å². The fourth-order valence-electron chi connectivity index (χ4n) is 2.24. The van der Waals surface area contributed by atoms with Gasteiger partial charge in [-0.2, -0.15) is 0 Å². The van der Waals surface area contributed by atoms with E-state index in [4.69, 9.17) is 27.9 Å². The van der Waals surface area contributed by atoms with Crippen LogP contribution in [0.1, 0.15) is 11.4 Å². The number of aliphatic carboxylic acids is 1. The van der Waals surface area contributed by atoms with Gasteiger partial charge in [-0.05, 0) is 42.0 Å². The standard InChI is InChI=1S/C18H12Cl2N2O4/c19-11-3-6-15-13(8-11)18(25)22-17(21-15)14(20)7-10-1-4-12(5-2-10)26-9-16(23)24/h1-8H,9H2,(H,23,24)(H,21,22,25)/p-1/b14-7-. The van der Waals surface area contributed by atoms with Crippen molar-refractivity contribution >= 4 is 51.2 Å². The van der Waals surface area contributed by atoms with Crippen molar-refractivity contribution < 1.29 is 14.6 Å². The lowest BCUT2D eigenvalue weighted by atomic mass is 10.2. The van der Waals surface area contributed by atoms with Crippen LogP contribution in [-0.2, 0) is 4.79 Å². The lowest BCUT2D eigenvalue weighted by molar-refractivity contribution is -0.307. The van der Waals surface area contributed by atoms with Gasteiger partial charge in [0.05, 0.1) is 21.9 Å². The first-order chi connectivity index (χ1) is 12.4. The highest BCUT2D eigenvalue weighted by atomic mass is 35.5. The van der Waals surface area contributed by atoms with Crippen LogP contribution < -0.4 is 15.4 Å². The van der Waals surface area contributed by atoms with E-state index >= 15 is 0 Å². The second-order valence-corrected chi connectivity index (χ2v) is 6.14. The Morgan fingerprint density at radius 3 is 2.65 bits per heavy atom. The molecule has 0 spiro atoms. The van der Waals surface area contributed by atoms with Gasteiger partial charge in [-0.3, -0.25) is 4.79 Å². The highest BCUT2D eigenvalue weighted by Gasteiger charge is 2.07. The first kappa shape index (κ1) is 18.0. The number of ether oxygens (including phenoxy) is 1. The molecule has 3 aromatic rings. The van der Waals surface area contributed by atoms with E-state index in [1.165, 1.54) is 6.07 Å². The number of fused-ring (bicyclic) bond motifs is 1. The second kappa shape index (κ2) is 7.59. The molecule has 6 nitrogen and oxygen atoms in total. The van der Waals surface area contributed by atoms with E-state index in [2.05, 4.69) is 9.97 Å². The van der Waals surface area contributed by atoms with Crippen LogP contribution >= 0.6 is 23.2 Å². The van der Waals surface area contributed by atoms with Crippen LogP contribution in [0.25, 0.3) is 22.0 Å². The summed E-state index contributed by atoms with van der Waals surface area (Å²) in [5, 5.41) is 11.4. The molecule has 0 saturated heterocycles. The zero-order valence-corrected chi connectivity index (χ0v) is 14.7. The predicted octanol–water partition coefficient (Wildman–Crippen LogP) is 2.44. The number of hydrogen-bond donors (Lipinski definition) is 1. The lowest BCUT2D eigenvalue weighted by Gasteiger charge is -2.07. The molecule has 0 aliphatic carbocycles. The van der Waals surface area contributed by atoms with Gasteiger partial charge in [0.25, 0.3) is 5.56 Å². The fourth-order valence-corrected chi connectivity index (χ4v) is 2.63. The van der Waals surface area contributed by atoms with Crippen molar-refractivity contribution in [3.05, 3.63) is 69.2 Å². The second-order valence-electron chi connectivity index (χ2n) is 5.30. The molecule has 26 heavy (non-hydrogen) atoms. The Labute approximate surface area is 157 Å². The largest absolute Gasteiger partial charge is 0.546 e. The van der Waals surface area contributed by atoms with Crippen molar-refractivity contribution in [3.8, 4) is 5.75 Å². The van der Waals surface area contributed by atoms with Crippen LogP contribution in [0.15, 0.2) is 47.3 Å². The van der Waals surface area contributed by atoms with Crippen LogP contribution in [0.5, 0.6) is 5.75 Å². The summed E-state index contributed by atoms with van der Waals surface area (Å²) in [5.74, 6) is -0.690. The van der Waals surface area contributed by atoms with Gasteiger partial charge in [0.15, 0.2) is 5.82 Å². The first-order valence-corrected chi connectivity index (χ1v) is 8.18. The first-order valence-electron chi connectivity index (χ1n) is 7.42. The van der Waals surface area contributed by atoms with Crippen molar-refractivity contribution in [2.24, 2.45) is 0 Å². The molecule has 1 N–H and O–H groups in total. The average Bonchev–Trinajstić information content (AvgIpc) is 2.61. The van der Waals surface area contributed by atoms with E-state index in [1.807, 2.05) is 0 Å². The third-order valence-electron chi connectivity index (χ3n) is 3.42. The number of nitrogens with one attached hydrogen (secondary N) is 1. The molecule has 0 amide bonds. The summed E-state index contributed by atoms with van der Waals surface area (Å²) in [5.41, 5.74) is 0.852. The van der Waals surface area contributed by atoms with Crippen LogP contribution in [0, 0.1) is 0 Å². The Morgan fingerprint density at radius 1 is 1.23 bits per heavy atom. The van der Waals surface area contributed by atoms with Crippen molar-refractivity contribution in [2.45, 2.75) is 0 Å². The van der Waals surface area contributed by atoms with Crippen LogP contribution in [0.3, 0.4) is 0 Å². The molecule has 1 aromatic heterocycles. The number of aromatic amines is 1. The van der Waals surface area contributed by atoms with Gasteiger partial charge in [0.2, 0.25) is 0 Å². The summed E-state index contributed by atoms with van der Waals surface area (Å²) in [4.78, 5) is 29.5. The van der Waals surface area contributed by atoms with Gasteiger partial charge < -0.3 is 19.6 Å². The molecule has 0 aliphatic heterocycles. The molecule has 0 bridgehead atoms. The summed E-state index contributed by atoms with van der Waals surface area (Å²) in [7, 11) is 0. The van der Waals surface area contributed by atoms with Crippen LogP contribution in [-0.4, -0.2) is 22.5 Å². The number of halogens is 2. The number of hydrogen-bond acceptors (Lipinski definition) is 5. The van der Waals surface area contributed by atoms with E-state index < -0.39 is 12.6 Å². The summed E-state index contributed by atoms with van der Waals surface area (Å²) in [6.45, 7) is -0.526. The maximum atomic E-state index is 12.2. The number of carbonyl (C=O) groups excluding carboxylic acids is 1. The number of carbonyl (C=O) groups is 1. The van der Waals surface area contributed by atoms with Crippen molar-refractivity contribution in [1.29, 1.82) is 0 Å². The van der Waals surface area contributed by atoms with E-state index in [0.29, 0.717) is 21.7 Å². The SMILES string of the molecule is O=C([O-])COc1ccc(/C=C(\Cl)c2nc3ccc(Cl)cc3c(=O)[nH]2)cc1. The van der Waals surface area contributed by atoms with Gasteiger partial charge in [-0.25, -0.2) is 4.98 Å². The third-order valence-corrected chi connectivity index (χ3v) is 3.95.